The standard InChI is InChI=1S/C12H12N4O/c1-14-12(17)9-4-2-8(3-5-9)10-6-15-7-11(13)16-10/h2-7H,1H3,(H2,13,16)(H,14,17). The number of amides is 1. The number of rotatable bonds is 2. The molecular formula is C12H12N4O. The Morgan fingerprint density at radius 2 is 1.94 bits per heavy atom. The second-order valence-corrected chi connectivity index (χ2v) is 3.49. The number of nitrogens with two attached hydrogens (primary N) is 1. The third-order valence-corrected chi connectivity index (χ3v) is 2.32. The van der Waals surface area contributed by atoms with E-state index in [1.54, 1.807) is 25.4 Å². The van der Waals surface area contributed by atoms with Gasteiger partial charge in [0.25, 0.3) is 5.91 Å². The van der Waals surface area contributed by atoms with E-state index < -0.39 is 0 Å². The number of carbonyl (C=O) groups excluding carboxylic acids is 1. The molecule has 0 atom stereocenters. The molecule has 0 spiro atoms. The second-order valence-electron chi connectivity index (χ2n) is 3.49. The van der Waals surface area contributed by atoms with Crippen LogP contribution in [0.4, 0.5) is 5.82 Å². The van der Waals surface area contributed by atoms with Crippen LogP contribution >= 0.6 is 0 Å². The first-order valence-electron chi connectivity index (χ1n) is 5.11. The van der Waals surface area contributed by atoms with Crippen molar-refractivity contribution in [2.45, 2.75) is 0 Å². The van der Waals surface area contributed by atoms with Gasteiger partial charge >= 0.3 is 0 Å². The van der Waals surface area contributed by atoms with Gasteiger partial charge in [-0.05, 0) is 12.1 Å². The number of anilines is 1. The zero-order valence-electron chi connectivity index (χ0n) is 9.34. The molecule has 1 amide bonds. The Kier molecular flexibility index (Phi) is 3.00. The lowest BCUT2D eigenvalue weighted by Gasteiger charge is -2.03. The van der Waals surface area contributed by atoms with Gasteiger partial charge < -0.3 is 11.1 Å². The van der Waals surface area contributed by atoms with Crippen LogP contribution in [0.2, 0.25) is 0 Å². The van der Waals surface area contributed by atoms with Crippen LogP contribution in [0.3, 0.4) is 0 Å². The van der Waals surface area contributed by atoms with Crippen molar-refractivity contribution in [1.29, 1.82) is 0 Å². The van der Waals surface area contributed by atoms with Crippen molar-refractivity contribution < 1.29 is 4.79 Å². The fourth-order valence-electron chi connectivity index (χ4n) is 1.46. The topological polar surface area (TPSA) is 80.9 Å². The minimum atomic E-state index is -0.116. The summed E-state index contributed by atoms with van der Waals surface area (Å²) in [6.07, 6.45) is 3.12. The van der Waals surface area contributed by atoms with Crippen LogP contribution in [0.5, 0.6) is 0 Å². The minimum absolute atomic E-state index is 0.116. The molecular weight excluding hydrogens is 216 g/mol. The summed E-state index contributed by atoms with van der Waals surface area (Å²) in [5.41, 5.74) is 7.72. The normalized spacial score (nSPS) is 9.94. The van der Waals surface area contributed by atoms with Crippen LogP contribution < -0.4 is 11.1 Å². The molecule has 1 aromatic carbocycles. The predicted octanol–water partition coefficient (Wildman–Crippen LogP) is 1.09. The Morgan fingerprint density at radius 1 is 1.24 bits per heavy atom. The molecule has 1 aromatic heterocycles. The predicted molar refractivity (Wildman–Crippen MR) is 65.3 cm³/mol. The number of hydrogen-bond acceptors (Lipinski definition) is 4. The van der Waals surface area contributed by atoms with E-state index in [2.05, 4.69) is 15.3 Å². The van der Waals surface area contributed by atoms with Gasteiger partial charge in [-0.15, -0.1) is 0 Å². The highest BCUT2D eigenvalue weighted by Crippen LogP contribution is 2.17. The molecule has 2 rings (SSSR count). The molecule has 0 aliphatic carbocycles. The number of nitrogens with zero attached hydrogens (tertiary/aromatic N) is 2. The summed E-state index contributed by atoms with van der Waals surface area (Å²) in [5.74, 6) is 0.257. The monoisotopic (exact) mass is 228 g/mol. The molecule has 0 bridgehead atoms. The van der Waals surface area contributed by atoms with Crippen molar-refractivity contribution in [1.82, 2.24) is 15.3 Å². The van der Waals surface area contributed by atoms with Gasteiger partial charge in [0.2, 0.25) is 0 Å². The smallest absolute Gasteiger partial charge is 0.251 e. The second kappa shape index (κ2) is 4.61. The van der Waals surface area contributed by atoms with Gasteiger partial charge in [-0.1, -0.05) is 12.1 Å². The zero-order valence-corrected chi connectivity index (χ0v) is 9.34. The molecule has 5 heteroatoms. The van der Waals surface area contributed by atoms with Gasteiger partial charge in [0.15, 0.2) is 0 Å². The Balaban J connectivity index is 2.32. The molecule has 0 saturated carbocycles. The van der Waals surface area contributed by atoms with E-state index in [9.17, 15) is 4.79 Å². The van der Waals surface area contributed by atoms with Crippen molar-refractivity contribution in [2.24, 2.45) is 0 Å². The van der Waals surface area contributed by atoms with Crippen LogP contribution in [0.1, 0.15) is 10.4 Å². The third-order valence-electron chi connectivity index (χ3n) is 2.32. The molecule has 1 heterocycles. The molecule has 3 N–H and O–H groups in total. The molecule has 0 aliphatic rings. The lowest BCUT2D eigenvalue weighted by Crippen LogP contribution is -2.17. The van der Waals surface area contributed by atoms with Crippen LogP contribution in [0, 0.1) is 0 Å². The molecule has 0 aliphatic heterocycles. The zero-order chi connectivity index (χ0) is 12.3. The van der Waals surface area contributed by atoms with Crippen LogP contribution in [-0.2, 0) is 0 Å². The lowest BCUT2D eigenvalue weighted by molar-refractivity contribution is 0.0963. The number of nitrogens with one attached hydrogen (secondary N) is 1. The first-order valence-corrected chi connectivity index (χ1v) is 5.11. The number of nitrogen functional groups attached to an aromatic ring is 1. The summed E-state index contributed by atoms with van der Waals surface area (Å²) in [7, 11) is 1.60. The summed E-state index contributed by atoms with van der Waals surface area (Å²) in [6.45, 7) is 0. The van der Waals surface area contributed by atoms with Gasteiger partial charge in [-0.3, -0.25) is 9.78 Å². The first kappa shape index (κ1) is 11.1. The Morgan fingerprint density at radius 3 is 2.53 bits per heavy atom. The number of carbonyl (C=O) groups is 1. The maximum absolute atomic E-state index is 11.4. The molecule has 0 unspecified atom stereocenters. The SMILES string of the molecule is CNC(=O)c1ccc(-c2cncc(N)n2)cc1. The first-order chi connectivity index (χ1) is 8.20. The highest BCUT2D eigenvalue weighted by Gasteiger charge is 2.04. The Labute approximate surface area is 98.7 Å². The highest BCUT2D eigenvalue weighted by molar-refractivity contribution is 5.94. The van der Waals surface area contributed by atoms with Gasteiger partial charge in [-0.25, -0.2) is 4.98 Å². The average Bonchev–Trinajstić information content (AvgIpc) is 2.38. The summed E-state index contributed by atoms with van der Waals surface area (Å²) < 4.78 is 0. The summed E-state index contributed by atoms with van der Waals surface area (Å²) in [6, 6.07) is 7.10. The quantitative estimate of drug-likeness (QED) is 0.806. The summed E-state index contributed by atoms with van der Waals surface area (Å²) in [4.78, 5) is 19.5. The van der Waals surface area contributed by atoms with Crippen LogP contribution in [0.15, 0.2) is 36.7 Å². The van der Waals surface area contributed by atoms with E-state index in [4.69, 9.17) is 5.73 Å². The fraction of sp³-hybridized carbons (Fsp3) is 0.0833. The largest absolute Gasteiger partial charge is 0.382 e. The van der Waals surface area contributed by atoms with Gasteiger partial charge in [0.05, 0.1) is 18.1 Å². The Bertz CT molecular complexity index is 536. The molecule has 17 heavy (non-hydrogen) atoms. The third kappa shape index (κ3) is 2.39. The van der Waals surface area contributed by atoms with E-state index in [-0.39, 0.29) is 5.91 Å². The molecule has 2 aromatic rings. The molecule has 0 saturated heterocycles. The lowest BCUT2D eigenvalue weighted by atomic mass is 10.1. The van der Waals surface area contributed by atoms with Gasteiger partial charge in [0, 0.05) is 18.2 Å². The van der Waals surface area contributed by atoms with Crippen molar-refractivity contribution >= 4 is 11.7 Å². The number of benzene rings is 1. The van der Waals surface area contributed by atoms with Gasteiger partial charge in [-0.2, -0.15) is 0 Å². The molecule has 0 fully saturated rings. The average molecular weight is 228 g/mol. The summed E-state index contributed by atoms with van der Waals surface area (Å²) in [5, 5.41) is 2.56. The number of aromatic nitrogens is 2. The minimum Gasteiger partial charge on any atom is -0.382 e. The van der Waals surface area contributed by atoms with E-state index >= 15 is 0 Å². The van der Waals surface area contributed by atoms with Crippen molar-refractivity contribution in [3.05, 3.63) is 42.2 Å². The van der Waals surface area contributed by atoms with Crippen molar-refractivity contribution in [3.63, 3.8) is 0 Å². The molecule has 86 valence electrons. The maximum atomic E-state index is 11.4. The van der Waals surface area contributed by atoms with E-state index in [0.29, 0.717) is 17.1 Å². The van der Waals surface area contributed by atoms with E-state index in [1.165, 1.54) is 6.20 Å². The summed E-state index contributed by atoms with van der Waals surface area (Å²) >= 11 is 0. The van der Waals surface area contributed by atoms with Crippen molar-refractivity contribution in [3.8, 4) is 11.3 Å². The highest BCUT2D eigenvalue weighted by atomic mass is 16.1. The van der Waals surface area contributed by atoms with Crippen LogP contribution in [-0.4, -0.2) is 22.9 Å². The fourth-order valence-corrected chi connectivity index (χ4v) is 1.46. The van der Waals surface area contributed by atoms with Crippen LogP contribution in [0.25, 0.3) is 11.3 Å². The van der Waals surface area contributed by atoms with E-state index in [1.807, 2.05) is 12.1 Å². The Hall–Kier alpha value is -2.43. The maximum Gasteiger partial charge on any atom is 0.251 e. The van der Waals surface area contributed by atoms with E-state index in [0.717, 1.165) is 5.56 Å². The van der Waals surface area contributed by atoms with Gasteiger partial charge in [0.1, 0.15) is 5.82 Å². The molecule has 5 nitrogen and oxygen atoms in total. The number of hydrogen-bond donors (Lipinski definition) is 2. The van der Waals surface area contributed by atoms with Crippen molar-refractivity contribution in [2.75, 3.05) is 12.8 Å². The molecule has 0 radical (unpaired) electrons.